The summed E-state index contributed by atoms with van der Waals surface area (Å²) in [6.07, 6.45) is 4.66. The fourth-order valence-corrected chi connectivity index (χ4v) is 1.32. The molecule has 0 aromatic carbocycles. The van der Waals surface area contributed by atoms with Crippen LogP contribution in [0.1, 0.15) is 30.1 Å². The molecular weight excluding hydrogens is 192 g/mol. The Morgan fingerprint density at radius 1 is 1.60 bits per heavy atom. The molecule has 0 radical (unpaired) electrons. The smallest absolute Gasteiger partial charge is 0.181 e. The minimum Gasteiger partial charge on any atom is -0.495 e. The van der Waals surface area contributed by atoms with E-state index in [1.165, 1.54) is 13.3 Å². The summed E-state index contributed by atoms with van der Waals surface area (Å²) in [7, 11) is 1.54. The van der Waals surface area contributed by atoms with Crippen molar-refractivity contribution in [3.63, 3.8) is 0 Å². The highest BCUT2D eigenvalue weighted by Gasteiger charge is 2.15. The van der Waals surface area contributed by atoms with Crippen LogP contribution in [0.4, 0.5) is 0 Å². The lowest BCUT2D eigenvalue weighted by atomic mass is 10.0. The van der Waals surface area contributed by atoms with Gasteiger partial charge in [0.25, 0.3) is 0 Å². The Morgan fingerprint density at radius 2 is 2.33 bits per heavy atom. The van der Waals surface area contributed by atoms with Crippen molar-refractivity contribution in [3.8, 4) is 5.75 Å². The number of ether oxygens (including phenoxy) is 1. The Hall–Kier alpha value is -1.42. The van der Waals surface area contributed by atoms with Crippen LogP contribution in [0.3, 0.4) is 0 Å². The molecule has 15 heavy (non-hydrogen) atoms. The van der Waals surface area contributed by atoms with Crippen LogP contribution in [0.15, 0.2) is 18.5 Å². The first kappa shape index (κ1) is 11.7. The zero-order chi connectivity index (χ0) is 11.3. The Bertz CT molecular complexity index is 339. The maximum Gasteiger partial charge on any atom is 0.181 e. The van der Waals surface area contributed by atoms with Gasteiger partial charge >= 0.3 is 0 Å². The molecule has 1 unspecified atom stereocenters. The molecule has 1 heterocycles. The van der Waals surface area contributed by atoms with Gasteiger partial charge in [-0.25, -0.2) is 0 Å². The first-order valence-corrected chi connectivity index (χ1v) is 4.97. The van der Waals surface area contributed by atoms with Crippen molar-refractivity contribution in [1.82, 2.24) is 4.98 Å². The van der Waals surface area contributed by atoms with Crippen molar-refractivity contribution >= 4 is 5.78 Å². The van der Waals surface area contributed by atoms with Crippen molar-refractivity contribution < 1.29 is 9.53 Å². The van der Waals surface area contributed by atoms with Crippen LogP contribution in [0.2, 0.25) is 0 Å². The summed E-state index contributed by atoms with van der Waals surface area (Å²) < 4.78 is 4.99. The summed E-state index contributed by atoms with van der Waals surface area (Å²) in [4.78, 5) is 15.7. The Labute approximate surface area is 89.5 Å². The summed E-state index contributed by atoms with van der Waals surface area (Å²) in [6, 6.07) is 1.22. The van der Waals surface area contributed by atoms with Crippen molar-refractivity contribution in [1.29, 1.82) is 0 Å². The fraction of sp³-hybridized carbons (Fsp3) is 0.455. The van der Waals surface area contributed by atoms with Gasteiger partial charge in [-0.3, -0.25) is 9.78 Å². The highest BCUT2D eigenvalue weighted by atomic mass is 16.5. The minimum absolute atomic E-state index is 0.0803. The zero-order valence-electron chi connectivity index (χ0n) is 9.06. The number of methoxy groups -OCH3 is 1. The lowest BCUT2D eigenvalue weighted by molar-refractivity contribution is 0.0956. The zero-order valence-corrected chi connectivity index (χ0v) is 9.06. The quantitative estimate of drug-likeness (QED) is 0.743. The molecular formula is C11H16N2O2. The van der Waals surface area contributed by atoms with Gasteiger partial charge in [-0.1, -0.05) is 13.3 Å². The molecule has 0 aliphatic heterocycles. The van der Waals surface area contributed by atoms with Gasteiger partial charge in [0.2, 0.25) is 0 Å². The SMILES string of the molecule is CCCC(N)C(=O)c1cncc(OC)c1. The standard InChI is InChI=1S/C11H16N2O2/c1-3-4-10(12)11(14)8-5-9(15-2)7-13-6-8/h5-7,10H,3-4,12H2,1-2H3. The maximum atomic E-state index is 11.8. The molecule has 0 spiro atoms. The molecule has 1 rings (SSSR count). The number of nitrogens with two attached hydrogens (primary N) is 1. The van der Waals surface area contributed by atoms with E-state index in [4.69, 9.17) is 10.5 Å². The third kappa shape index (κ3) is 3.02. The van der Waals surface area contributed by atoms with Crippen LogP contribution < -0.4 is 10.5 Å². The van der Waals surface area contributed by atoms with Gasteiger partial charge in [0, 0.05) is 11.8 Å². The number of hydrogen-bond acceptors (Lipinski definition) is 4. The fourth-order valence-electron chi connectivity index (χ4n) is 1.32. The molecule has 0 amide bonds. The summed E-state index contributed by atoms with van der Waals surface area (Å²) in [6.45, 7) is 2.00. The van der Waals surface area contributed by atoms with Gasteiger partial charge in [0.1, 0.15) is 5.75 Å². The number of aromatic nitrogens is 1. The number of rotatable bonds is 5. The third-order valence-electron chi connectivity index (χ3n) is 2.17. The highest BCUT2D eigenvalue weighted by Crippen LogP contribution is 2.12. The third-order valence-corrected chi connectivity index (χ3v) is 2.17. The van der Waals surface area contributed by atoms with Crippen LogP contribution in [0.25, 0.3) is 0 Å². The second-order valence-corrected chi connectivity index (χ2v) is 3.37. The summed E-state index contributed by atoms with van der Waals surface area (Å²) >= 11 is 0. The molecule has 1 aromatic heterocycles. The number of Topliss-reactive ketones (excluding diaryl/α,β-unsaturated/α-hetero) is 1. The predicted molar refractivity (Wildman–Crippen MR) is 58.0 cm³/mol. The Balaban J connectivity index is 2.81. The molecule has 0 aliphatic rings. The second-order valence-electron chi connectivity index (χ2n) is 3.37. The van der Waals surface area contributed by atoms with E-state index in [0.29, 0.717) is 17.7 Å². The highest BCUT2D eigenvalue weighted by molar-refractivity contribution is 5.99. The number of ketones is 1. The van der Waals surface area contributed by atoms with E-state index in [9.17, 15) is 4.79 Å². The van der Waals surface area contributed by atoms with Gasteiger partial charge in [0.05, 0.1) is 19.3 Å². The number of carbonyl (C=O) groups excluding carboxylic acids is 1. The minimum atomic E-state index is -0.441. The van der Waals surface area contributed by atoms with Gasteiger partial charge in [-0.2, -0.15) is 0 Å². The molecule has 0 aliphatic carbocycles. The van der Waals surface area contributed by atoms with Crippen LogP contribution >= 0.6 is 0 Å². The van der Waals surface area contributed by atoms with E-state index in [1.807, 2.05) is 6.92 Å². The van der Waals surface area contributed by atoms with Crippen LogP contribution in [0.5, 0.6) is 5.75 Å². The molecule has 0 fully saturated rings. The topological polar surface area (TPSA) is 65.2 Å². The molecule has 2 N–H and O–H groups in total. The molecule has 82 valence electrons. The molecule has 1 aromatic rings. The summed E-state index contributed by atoms with van der Waals surface area (Å²) in [5.74, 6) is 0.493. The molecule has 0 saturated heterocycles. The lowest BCUT2D eigenvalue weighted by Gasteiger charge is -2.09. The summed E-state index contributed by atoms with van der Waals surface area (Å²) in [5, 5.41) is 0. The normalized spacial score (nSPS) is 12.2. The monoisotopic (exact) mass is 208 g/mol. The van der Waals surface area contributed by atoms with Gasteiger partial charge in [-0.05, 0) is 12.5 Å². The molecule has 4 heteroatoms. The van der Waals surface area contributed by atoms with Crippen molar-refractivity contribution in [2.24, 2.45) is 5.73 Å². The average molecular weight is 208 g/mol. The van der Waals surface area contributed by atoms with Crippen molar-refractivity contribution in [3.05, 3.63) is 24.0 Å². The van der Waals surface area contributed by atoms with Gasteiger partial charge in [-0.15, -0.1) is 0 Å². The van der Waals surface area contributed by atoms with E-state index in [1.54, 1.807) is 12.3 Å². The average Bonchev–Trinajstić information content (AvgIpc) is 2.28. The van der Waals surface area contributed by atoms with Gasteiger partial charge < -0.3 is 10.5 Å². The largest absolute Gasteiger partial charge is 0.495 e. The Kier molecular flexibility index (Phi) is 4.24. The number of hydrogen-bond donors (Lipinski definition) is 1. The van der Waals surface area contributed by atoms with Crippen LogP contribution in [0, 0.1) is 0 Å². The molecule has 1 atom stereocenters. The van der Waals surface area contributed by atoms with E-state index >= 15 is 0 Å². The van der Waals surface area contributed by atoms with Gasteiger partial charge in [0.15, 0.2) is 5.78 Å². The van der Waals surface area contributed by atoms with Crippen LogP contribution in [-0.4, -0.2) is 23.9 Å². The first-order chi connectivity index (χ1) is 7.19. The second kappa shape index (κ2) is 5.46. The van der Waals surface area contributed by atoms with Crippen molar-refractivity contribution in [2.45, 2.75) is 25.8 Å². The molecule has 0 bridgehead atoms. The lowest BCUT2D eigenvalue weighted by Crippen LogP contribution is -2.30. The van der Waals surface area contributed by atoms with E-state index in [2.05, 4.69) is 4.98 Å². The Morgan fingerprint density at radius 3 is 2.93 bits per heavy atom. The van der Waals surface area contributed by atoms with E-state index in [-0.39, 0.29) is 5.78 Å². The predicted octanol–water partition coefficient (Wildman–Crippen LogP) is 1.40. The molecule has 4 nitrogen and oxygen atoms in total. The molecule has 0 saturated carbocycles. The van der Waals surface area contributed by atoms with E-state index < -0.39 is 6.04 Å². The van der Waals surface area contributed by atoms with Crippen LogP contribution in [-0.2, 0) is 0 Å². The van der Waals surface area contributed by atoms with Crippen molar-refractivity contribution in [2.75, 3.05) is 7.11 Å². The number of carbonyl (C=O) groups is 1. The maximum absolute atomic E-state index is 11.8. The summed E-state index contributed by atoms with van der Waals surface area (Å²) in [5.41, 5.74) is 6.24. The van der Waals surface area contributed by atoms with E-state index in [0.717, 1.165) is 6.42 Å². The first-order valence-electron chi connectivity index (χ1n) is 4.97. The number of pyridine rings is 1. The number of nitrogens with zero attached hydrogens (tertiary/aromatic N) is 1.